The van der Waals surface area contributed by atoms with E-state index in [1.54, 1.807) is 391 Å². The summed E-state index contributed by atoms with van der Waals surface area (Å²) in [6, 6.07) is 86.7. The fourth-order valence-electron chi connectivity index (χ4n) is 34.6. The van der Waals surface area contributed by atoms with Crippen molar-refractivity contribution in [1.82, 2.24) is 0 Å². The summed E-state index contributed by atoms with van der Waals surface area (Å²) >= 11 is 7.65. The number of alkyl halides is 1. The minimum atomic E-state index is -1.91. The van der Waals surface area contributed by atoms with Crippen LogP contribution in [0.1, 0.15) is 444 Å². The van der Waals surface area contributed by atoms with E-state index in [2.05, 4.69) is 187 Å². The lowest BCUT2D eigenvalue weighted by Crippen LogP contribution is -2.42. The van der Waals surface area contributed by atoms with Gasteiger partial charge in [-0.2, -0.15) is 0 Å². The second-order valence-electron chi connectivity index (χ2n) is 50.8. The summed E-state index contributed by atoms with van der Waals surface area (Å²) in [4.78, 5) is 0. The maximum atomic E-state index is 7.65. The molecule has 0 aromatic heterocycles. The Bertz CT molecular complexity index is 1930. The lowest BCUT2D eigenvalue weighted by molar-refractivity contribution is 0.804. The molecule has 0 saturated carbocycles. The van der Waals surface area contributed by atoms with Crippen LogP contribution in [-0.4, -0.2) is 111 Å². The maximum Gasteiger partial charge on any atom is 0.0535 e. The largest absolute Gasteiger partial charge is 0.127 e. The van der Waals surface area contributed by atoms with Gasteiger partial charge in [0.1, 0.15) is 0 Å². The summed E-state index contributed by atoms with van der Waals surface area (Å²) < 4.78 is 0. The molecule has 0 radical (unpaired) electrons. The average Bonchev–Trinajstić information content (AvgIpc) is 0.817. The van der Waals surface area contributed by atoms with Crippen LogP contribution in [0.3, 0.4) is 0 Å². The van der Waals surface area contributed by atoms with Crippen molar-refractivity contribution in [2.24, 2.45) is 0 Å². The van der Waals surface area contributed by atoms with Crippen molar-refractivity contribution in [2.45, 2.75) is 758 Å². The van der Waals surface area contributed by atoms with Crippen molar-refractivity contribution in [1.29, 1.82) is 0 Å². The Morgan fingerprint density at radius 2 is 0.134 bits per heavy atom. The lowest BCUT2D eigenvalue weighted by Gasteiger charge is -2.41. The van der Waals surface area contributed by atoms with E-state index < -0.39 is 105 Å². The molecule has 806 valence electrons. The molecular weight excluding hydrogens is 1840 g/mol. The second-order valence-corrected chi connectivity index (χ2v) is 116. The van der Waals surface area contributed by atoms with E-state index in [4.69, 9.17) is 11.6 Å². The molecule has 0 bridgehead atoms. The molecule has 0 rings (SSSR count). The van der Waals surface area contributed by atoms with Crippen LogP contribution in [0.5, 0.6) is 0 Å². The zero-order valence-electron chi connectivity index (χ0n) is 99.6. The fraction of sp³-hybridized carbons (Fsp3) is 1.00. The summed E-state index contributed by atoms with van der Waals surface area (Å²) in [5, 5.41) is 0. The van der Waals surface area contributed by atoms with Gasteiger partial charge in [-0.3, -0.25) is 0 Å². The Hall–Kier alpha value is 3.11. The highest BCUT2D eigenvalue weighted by Crippen LogP contribution is 2.50. The van der Waals surface area contributed by atoms with Gasteiger partial charge in [-0.1, -0.05) is 752 Å². The first kappa shape index (κ1) is 137. The van der Waals surface area contributed by atoms with Gasteiger partial charge in [0.05, 0.1) is 105 Å². The van der Waals surface area contributed by atoms with Gasteiger partial charge in [0.2, 0.25) is 0 Å². The number of hydrogen-bond acceptors (Lipinski definition) is 0. The standard InChI is InChI=1S/C120H267ClSi13/c1-28-69-122(70-29-2,71-30-3)97-56-109-132(110-57-98-123(72-31-4,73-32-5)74-33-6,111-58-99-124(75-34-7,76-35-8)77-36-9)118-65-106-131(96-55-68-121,107-66-119-133(112-59-100-125(78-37-10,79-38-11)80-39-12,113-60-101-126(81-40-13,82-41-14)83-42-15)114-61-102-127(84-43-16,85-44-17)86-45-18)108-67-120-134(115-62-103-128(87-46-19,88-47-20)89-48-21,116-63-104-129(90-49-22,91-50-23)92-51-24)117-64-105-130(93-52-25,94-53-26)95-54-27/h28-120H2,1-27H3. The third-order valence-corrected chi connectivity index (χ3v) is 117. The maximum absolute atomic E-state index is 7.65. The van der Waals surface area contributed by atoms with Gasteiger partial charge in [0.15, 0.2) is 0 Å². The first-order valence-electron chi connectivity index (χ1n) is 64.2. The van der Waals surface area contributed by atoms with E-state index in [-0.39, 0.29) is 0 Å². The van der Waals surface area contributed by atoms with Crippen LogP contribution in [0.15, 0.2) is 0 Å². The number of rotatable bonds is 105. The van der Waals surface area contributed by atoms with Gasteiger partial charge in [0.25, 0.3) is 0 Å². The van der Waals surface area contributed by atoms with E-state index >= 15 is 0 Å². The van der Waals surface area contributed by atoms with E-state index in [0.717, 1.165) is 5.88 Å². The van der Waals surface area contributed by atoms with Crippen molar-refractivity contribution in [3.05, 3.63) is 0 Å². The first-order valence-corrected chi connectivity index (χ1v) is 102. The zero-order valence-corrected chi connectivity index (χ0v) is 113. The van der Waals surface area contributed by atoms with Gasteiger partial charge < -0.3 is 0 Å². The average molecular weight is 2110 g/mol. The summed E-state index contributed by atoms with van der Waals surface area (Å²) in [5.41, 5.74) is 0. The van der Waals surface area contributed by atoms with Gasteiger partial charge in [-0.15, -0.1) is 11.6 Å². The second kappa shape index (κ2) is 82.0. The van der Waals surface area contributed by atoms with Crippen molar-refractivity contribution in [3.8, 4) is 0 Å². The molecular formula is C120H267ClSi13. The zero-order chi connectivity index (χ0) is 100. The van der Waals surface area contributed by atoms with Crippen LogP contribution in [0.4, 0.5) is 0 Å². The first-order chi connectivity index (χ1) is 64.7. The smallest absolute Gasteiger partial charge is 0.0535 e. The molecule has 0 unspecified atom stereocenters. The molecule has 0 aliphatic rings. The quantitative estimate of drug-likeness (QED) is 0.0421. The molecule has 0 aromatic carbocycles. The minimum absolute atomic E-state index is 0.926. The highest BCUT2D eigenvalue weighted by atomic mass is 35.5. The molecule has 0 spiro atoms. The van der Waals surface area contributed by atoms with Gasteiger partial charge >= 0.3 is 0 Å². The van der Waals surface area contributed by atoms with Gasteiger partial charge in [0, 0.05) is 5.88 Å². The van der Waals surface area contributed by atoms with Gasteiger partial charge in [-0.05, 0) is 6.42 Å². The van der Waals surface area contributed by atoms with Crippen LogP contribution in [0.25, 0.3) is 0 Å². The molecule has 0 fully saturated rings. The fourth-order valence-corrected chi connectivity index (χ4v) is 110. The van der Waals surface area contributed by atoms with E-state index in [9.17, 15) is 0 Å². The van der Waals surface area contributed by atoms with Gasteiger partial charge in [-0.25, -0.2) is 0 Å². The molecule has 14 heteroatoms. The molecule has 0 N–H and O–H groups in total. The Morgan fingerprint density at radius 1 is 0.0821 bits per heavy atom. The summed E-state index contributed by atoms with van der Waals surface area (Å²) in [5.74, 6) is 0.926. The molecule has 134 heavy (non-hydrogen) atoms. The molecule has 0 atom stereocenters. The topological polar surface area (TPSA) is 0 Å². The Labute approximate surface area is 872 Å². The highest BCUT2D eigenvalue weighted by Gasteiger charge is 2.46. The minimum Gasteiger partial charge on any atom is -0.127 e. The van der Waals surface area contributed by atoms with Crippen molar-refractivity contribution in [2.75, 3.05) is 5.88 Å². The molecule has 0 aliphatic carbocycles. The highest BCUT2D eigenvalue weighted by molar-refractivity contribution is 6.87. The molecule has 0 aromatic rings. The van der Waals surface area contributed by atoms with Crippen LogP contribution in [0, 0.1) is 0 Å². The van der Waals surface area contributed by atoms with Crippen LogP contribution in [0.2, 0.25) is 314 Å². The van der Waals surface area contributed by atoms with Crippen LogP contribution in [-0.2, 0) is 0 Å². The van der Waals surface area contributed by atoms with Crippen LogP contribution < -0.4 is 0 Å². The Morgan fingerprint density at radius 3 is 0.187 bits per heavy atom. The molecule has 0 aliphatic heterocycles. The molecule has 0 saturated heterocycles. The van der Waals surface area contributed by atoms with Crippen molar-refractivity contribution in [3.63, 3.8) is 0 Å². The third kappa shape index (κ3) is 54.0. The van der Waals surface area contributed by atoms with E-state index in [1.807, 2.05) is 0 Å². The predicted octanol–water partition coefficient (Wildman–Crippen LogP) is 49.2. The predicted molar refractivity (Wildman–Crippen MR) is 673 cm³/mol. The SMILES string of the molecule is CCC[Si](CCC)(CCC)CCC[Si](CCC[Si](CCC)(CCC)CCC)(CCC[Si](CCC)(CCC)CCC)CCC[Si](CCCCl)(CCC[Si](CCC[Si](CCC)(CCC)CCC)(CCC[Si](CCC)(CCC)CCC)CCC[Si](CCC)(CCC)CCC)CCC[Si](CCC[Si](CCC)(CCC)CCC)(CCC[Si](CCC)(CCC)CCC)CCC[Si](CCC)(CCC)CCC. The molecule has 0 amide bonds. The Kier molecular flexibility index (Phi) is 83.9. The van der Waals surface area contributed by atoms with E-state index in [1.165, 1.54) is 180 Å². The number of halogens is 1. The summed E-state index contributed by atoms with van der Waals surface area (Å²) in [6.07, 6.45) is 60.2. The number of hydrogen-bond donors (Lipinski definition) is 0. The lowest BCUT2D eigenvalue weighted by atomic mass is 10.5. The molecule has 0 nitrogen and oxygen atoms in total. The Balaban J connectivity index is 10.6. The monoisotopic (exact) mass is 2110 g/mol. The molecule has 0 heterocycles. The summed E-state index contributed by atoms with van der Waals surface area (Å²) in [6.45, 7) is 70.5. The summed E-state index contributed by atoms with van der Waals surface area (Å²) in [7, 11) is -19.3. The van der Waals surface area contributed by atoms with Crippen LogP contribution >= 0.6 is 11.6 Å². The normalized spacial score (nSPS) is 13.6. The van der Waals surface area contributed by atoms with Crippen molar-refractivity contribution < 1.29 is 0 Å². The van der Waals surface area contributed by atoms with E-state index in [0.29, 0.717) is 0 Å². The third-order valence-electron chi connectivity index (χ3n) is 38.9. The van der Waals surface area contributed by atoms with Crippen molar-refractivity contribution >= 4 is 117 Å².